The summed E-state index contributed by atoms with van der Waals surface area (Å²) in [5, 5.41) is 0. The van der Waals surface area contributed by atoms with E-state index in [-0.39, 0.29) is 0 Å². The first kappa shape index (κ1) is 29.0. The summed E-state index contributed by atoms with van der Waals surface area (Å²) in [4.78, 5) is 0.839. The van der Waals surface area contributed by atoms with Crippen LogP contribution in [0.3, 0.4) is 0 Å². The summed E-state index contributed by atoms with van der Waals surface area (Å²) >= 11 is 0. The van der Waals surface area contributed by atoms with E-state index >= 15 is 0 Å². The molecule has 2 unspecified atom stereocenters. The lowest BCUT2D eigenvalue weighted by Gasteiger charge is -2.39. The van der Waals surface area contributed by atoms with Crippen molar-refractivity contribution in [3.63, 3.8) is 0 Å². The van der Waals surface area contributed by atoms with Crippen molar-refractivity contribution in [3.8, 4) is 0 Å². The fraction of sp³-hybridized carbons (Fsp3) is 1.00. The zero-order chi connectivity index (χ0) is 21.5. The van der Waals surface area contributed by atoms with Gasteiger partial charge in [-0.2, -0.15) is 0 Å². The molecule has 0 amide bonds. The van der Waals surface area contributed by atoms with Crippen LogP contribution in [0, 0.1) is 0 Å². The van der Waals surface area contributed by atoms with E-state index in [1.165, 1.54) is 0 Å². The molecule has 0 rings (SSSR count). The van der Waals surface area contributed by atoms with Crippen molar-refractivity contribution < 1.29 is 17.7 Å². The van der Waals surface area contributed by atoms with Crippen molar-refractivity contribution in [3.05, 3.63) is 0 Å². The van der Waals surface area contributed by atoms with Crippen LogP contribution in [0.15, 0.2) is 0 Å². The second-order valence-electron chi connectivity index (χ2n) is 6.84. The summed E-state index contributed by atoms with van der Waals surface area (Å²) in [5.41, 5.74) is 0. The Bertz CT molecular complexity index is 310. The van der Waals surface area contributed by atoms with Gasteiger partial charge in [0, 0.05) is 26.4 Å². The smallest absolute Gasteiger partial charge is 0.352 e. The molecule has 0 aliphatic carbocycles. The minimum atomic E-state index is -2.24. The van der Waals surface area contributed by atoms with Gasteiger partial charge in [-0.1, -0.05) is 62.1 Å². The zero-order valence-corrected chi connectivity index (χ0v) is 23.3. The lowest BCUT2D eigenvalue weighted by Crippen LogP contribution is -2.53. The Balaban J connectivity index is 5.53. The summed E-state index contributed by atoms with van der Waals surface area (Å²) in [5.74, 6) is 0. The van der Waals surface area contributed by atoms with Gasteiger partial charge in [0.2, 0.25) is 0 Å². The first-order chi connectivity index (χ1) is 13.5. The van der Waals surface area contributed by atoms with Crippen molar-refractivity contribution >= 4 is 38.7 Å². The molecule has 0 N–H and O–H groups in total. The van der Waals surface area contributed by atoms with Gasteiger partial charge in [0.15, 0.2) is 0 Å². The molecule has 0 bridgehead atoms. The molecule has 0 aromatic carbocycles. The van der Waals surface area contributed by atoms with Crippen molar-refractivity contribution in [2.24, 2.45) is 0 Å². The van der Waals surface area contributed by atoms with Crippen molar-refractivity contribution in [1.82, 2.24) is 0 Å². The minimum absolute atomic E-state index is 0.419. The Labute approximate surface area is 185 Å². The van der Waals surface area contributed by atoms with Crippen LogP contribution >= 0.6 is 21.6 Å². The molecule has 8 heteroatoms. The van der Waals surface area contributed by atoms with Crippen LogP contribution in [-0.2, 0) is 17.7 Å². The van der Waals surface area contributed by atoms with Gasteiger partial charge in [0.05, 0.1) is 9.75 Å². The van der Waals surface area contributed by atoms with E-state index in [0.29, 0.717) is 9.75 Å². The van der Waals surface area contributed by atoms with Gasteiger partial charge in [-0.15, -0.1) is 0 Å². The quantitative estimate of drug-likeness (QED) is 0.152. The molecule has 0 fully saturated rings. The molecule has 0 spiro atoms. The van der Waals surface area contributed by atoms with Gasteiger partial charge in [0.1, 0.15) is 0 Å². The molecule has 0 aliphatic rings. The molecular formula is C20H46O4S2Si2. The fourth-order valence-electron chi connectivity index (χ4n) is 3.78. The lowest BCUT2D eigenvalue weighted by atomic mass is 10.6. The fourth-order valence-corrected chi connectivity index (χ4v) is 19.0. The molecule has 4 nitrogen and oxygen atoms in total. The summed E-state index contributed by atoms with van der Waals surface area (Å²) < 4.78 is 25.6. The molecule has 0 saturated carbocycles. The average molecular weight is 471 g/mol. The molecule has 0 saturated heterocycles. The van der Waals surface area contributed by atoms with Crippen LogP contribution < -0.4 is 0 Å². The predicted molar refractivity (Wildman–Crippen MR) is 132 cm³/mol. The highest BCUT2D eigenvalue weighted by atomic mass is 33.1. The minimum Gasteiger partial charge on any atom is -0.394 e. The van der Waals surface area contributed by atoms with Gasteiger partial charge in [-0.25, -0.2) is 0 Å². The first-order valence-corrected chi connectivity index (χ1v) is 17.8. The van der Waals surface area contributed by atoms with Crippen LogP contribution in [0.4, 0.5) is 0 Å². The maximum absolute atomic E-state index is 6.39. The molecule has 0 aliphatic heterocycles. The summed E-state index contributed by atoms with van der Waals surface area (Å²) in [6.07, 6.45) is 4.37. The molecule has 0 aromatic heterocycles. The zero-order valence-electron chi connectivity index (χ0n) is 19.7. The van der Waals surface area contributed by atoms with Crippen molar-refractivity contribution in [2.45, 2.75) is 103 Å². The number of hydrogen-bond donors (Lipinski definition) is 0. The lowest BCUT2D eigenvalue weighted by molar-refractivity contribution is 0.179. The van der Waals surface area contributed by atoms with Gasteiger partial charge < -0.3 is 17.7 Å². The maximum atomic E-state index is 6.39. The largest absolute Gasteiger partial charge is 0.394 e. The van der Waals surface area contributed by atoms with E-state index in [1.54, 1.807) is 0 Å². The van der Waals surface area contributed by atoms with E-state index in [0.717, 1.165) is 64.2 Å². The second-order valence-corrected chi connectivity index (χ2v) is 17.2. The van der Waals surface area contributed by atoms with Crippen LogP contribution in [0.5, 0.6) is 0 Å². The Morgan fingerprint density at radius 1 is 0.536 bits per heavy atom. The molecule has 0 radical (unpaired) electrons. The molecule has 28 heavy (non-hydrogen) atoms. The van der Waals surface area contributed by atoms with Crippen LogP contribution in [-0.4, -0.2) is 53.3 Å². The van der Waals surface area contributed by atoms with Gasteiger partial charge in [-0.05, 0) is 52.6 Å². The predicted octanol–water partition coefficient (Wildman–Crippen LogP) is 6.85. The second kappa shape index (κ2) is 16.6. The third-order valence-electron chi connectivity index (χ3n) is 4.76. The summed E-state index contributed by atoms with van der Waals surface area (Å²) in [6, 6.07) is 2.12. The van der Waals surface area contributed by atoms with Crippen LogP contribution in [0.2, 0.25) is 12.1 Å². The maximum Gasteiger partial charge on any atom is 0.352 e. The highest BCUT2D eigenvalue weighted by molar-refractivity contribution is 8.77. The number of hydrogen-bond acceptors (Lipinski definition) is 6. The van der Waals surface area contributed by atoms with E-state index < -0.39 is 17.1 Å². The normalized spacial score (nSPS) is 15.0. The van der Waals surface area contributed by atoms with Crippen LogP contribution in [0.25, 0.3) is 0 Å². The average Bonchev–Trinajstić information content (AvgIpc) is 2.66. The highest BCUT2D eigenvalue weighted by Crippen LogP contribution is 2.44. The third kappa shape index (κ3) is 8.61. The highest BCUT2D eigenvalue weighted by Gasteiger charge is 2.48. The number of rotatable bonds is 19. The van der Waals surface area contributed by atoms with Crippen molar-refractivity contribution in [1.29, 1.82) is 0 Å². The molecular weight excluding hydrogens is 425 g/mol. The van der Waals surface area contributed by atoms with Gasteiger partial charge in [0.25, 0.3) is 0 Å². The Morgan fingerprint density at radius 2 is 0.821 bits per heavy atom. The van der Waals surface area contributed by atoms with Crippen LogP contribution in [0.1, 0.15) is 81.1 Å². The summed E-state index contributed by atoms with van der Waals surface area (Å²) in [6.45, 7) is 20.3. The third-order valence-corrected chi connectivity index (χ3v) is 19.9. The van der Waals surface area contributed by atoms with E-state index in [9.17, 15) is 0 Å². The van der Waals surface area contributed by atoms with E-state index in [2.05, 4.69) is 55.4 Å². The molecule has 2 atom stereocenters. The standard InChI is InChI=1S/C20H46O4S2Si2/c1-9-17-27(21-13-5,22-14-6)19(11-3)25-26-20(12-4)28(18-10-2,23-15-7)24-16-8/h19-20H,9-18H2,1-8H3. The first-order valence-electron chi connectivity index (χ1n) is 11.4. The Morgan fingerprint density at radius 3 is 1.00 bits per heavy atom. The van der Waals surface area contributed by atoms with Crippen molar-refractivity contribution in [2.75, 3.05) is 26.4 Å². The molecule has 0 aromatic rings. The SMILES string of the molecule is CCC[Si](OCC)(OCC)C(CC)SSC(CC)[Si](CCC)(OCC)OCC. The topological polar surface area (TPSA) is 36.9 Å². The monoisotopic (exact) mass is 470 g/mol. The molecule has 0 heterocycles. The van der Waals surface area contributed by atoms with Gasteiger partial charge >= 0.3 is 17.1 Å². The van der Waals surface area contributed by atoms with E-state index in [1.807, 2.05) is 21.6 Å². The Hall–Kier alpha value is 0.974. The van der Waals surface area contributed by atoms with E-state index in [4.69, 9.17) is 17.7 Å². The Kier molecular flexibility index (Phi) is 17.2. The van der Waals surface area contributed by atoms with Gasteiger partial charge in [-0.3, -0.25) is 0 Å². The summed E-state index contributed by atoms with van der Waals surface area (Å²) in [7, 11) is -0.509. The molecule has 170 valence electrons.